The Morgan fingerprint density at radius 3 is 2.80 bits per heavy atom. The second kappa shape index (κ2) is 6.27. The average Bonchev–Trinajstić information content (AvgIpc) is 2.93. The van der Waals surface area contributed by atoms with E-state index in [0.29, 0.717) is 30.3 Å². The predicted molar refractivity (Wildman–Crippen MR) is 92.7 cm³/mol. The zero-order chi connectivity index (χ0) is 18.2. The third-order valence-corrected chi connectivity index (χ3v) is 4.36. The van der Waals surface area contributed by atoms with Gasteiger partial charge in [-0.15, -0.1) is 0 Å². The van der Waals surface area contributed by atoms with Crippen LogP contribution in [-0.2, 0) is 9.59 Å². The molecule has 3 N–H and O–H groups in total. The number of amides is 4. The second-order valence-electron chi connectivity index (χ2n) is 7.02. The van der Waals surface area contributed by atoms with Crippen LogP contribution >= 0.6 is 0 Å². The van der Waals surface area contributed by atoms with Gasteiger partial charge in [0.15, 0.2) is 0 Å². The number of fused-ring (bicyclic) bond motifs is 1. The molecule has 1 fully saturated rings. The van der Waals surface area contributed by atoms with Crippen LogP contribution in [0, 0.1) is 5.41 Å². The number of hydrogen-bond acceptors (Lipinski definition) is 4. The lowest BCUT2D eigenvalue weighted by atomic mass is 9.93. The van der Waals surface area contributed by atoms with Crippen LogP contribution in [0.25, 0.3) is 0 Å². The Balaban J connectivity index is 1.73. The molecule has 134 valence electrons. The van der Waals surface area contributed by atoms with Gasteiger partial charge in [-0.1, -0.05) is 0 Å². The highest BCUT2D eigenvalue weighted by Crippen LogP contribution is 2.37. The van der Waals surface area contributed by atoms with E-state index < -0.39 is 11.4 Å². The van der Waals surface area contributed by atoms with Gasteiger partial charge < -0.3 is 25.6 Å². The summed E-state index contributed by atoms with van der Waals surface area (Å²) in [5.74, 6) is 0.469. The van der Waals surface area contributed by atoms with Gasteiger partial charge in [0.05, 0.1) is 17.1 Å². The van der Waals surface area contributed by atoms with Gasteiger partial charge in [-0.3, -0.25) is 9.59 Å². The number of benzene rings is 1. The predicted octanol–water partition coefficient (Wildman–Crippen LogP) is 1.08. The summed E-state index contributed by atoms with van der Waals surface area (Å²) < 4.78 is 5.75. The van der Waals surface area contributed by atoms with Crippen LogP contribution in [0.1, 0.15) is 20.3 Å². The van der Waals surface area contributed by atoms with Crippen LogP contribution in [0.5, 0.6) is 5.75 Å². The lowest BCUT2D eigenvalue weighted by Crippen LogP contribution is -2.40. The molecule has 3 rings (SSSR count). The van der Waals surface area contributed by atoms with Crippen LogP contribution in [-0.4, -0.2) is 44.1 Å². The number of anilines is 2. The zero-order valence-electron chi connectivity index (χ0n) is 14.5. The van der Waals surface area contributed by atoms with Crippen molar-refractivity contribution in [2.45, 2.75) is 26.3 Å². The molecule has 2 heterocycles. The van der Waals surface area contributed by atoms with Crippen LogP contribution in [0.15, 0.2) is 18.2 Å². The molecule has 8 nitrogen and oxygen atoms in total. The fourth-order valence-corrected chi connectivity index (χ4v) is 2.92. The molecule has 0 saturated carbocycles. The number of rotatable bonds is 2. The average molecular weight is 346 g/mol. The molecule has 1 saturated heterocycles. The molecule has 2 aliphatic heterocycles. The van der Waals surface area contributed by atoms with E-state index in [1.165, 1.54) is 0 Å². The SMILES string of the molecule is CN1C(=O)C(C)(C)COc2ccc(NC(=O)NC3CNC(=O)C3)cc21. The smallest absolute Gasteiger partial charge is 0.319 e. The maximum Gasteiger partial charge on any atom is 0.319 e. The van der Waals surface area contributed by atoms with Crippen LogP contribution < -0.4 is 25.6 Å². The van der Waals surface area contributed by atoms with E-state index >= 15 is 0 Å². The molecule has 1 unspecified atom stereocenters. The van der Waals surface area contributed by atoms with Gasteiger partial charge in [0, 0.05) is 25.7 Å². The molecule has 2 aliphatic rings. The third-order valence-electron chi connectivity index (χ3n) is 4.36. The molecule has 8 heteroatoms. The Morgan fingerprint density at radius 2 is 2.12 bits per heavy atom. The molecular weight excluding hydrogens is 324 g/mol. The summed E-state index contributed by atoms with van der Waals surface area (Å²) in [6.45, 7) is 4.39. The van der Waals surface area contributed by atoms with Gasteiger partial charge >= 0.3 is 6.03 Å². The monoisotopic (exact) mass is 346 g/mol. The number of nitrogens with zero attached hydrogens (tertiary/aromatic N) is 1. The van der Waals surface area contributed by atoms with E-state index in [4.69, 9.17) is 4.74 Å². The van der Waals surface area contributed by atoms with Crippen molar-refractivity contribution in [1.82, 2.24) is 10.6 Å². The van der Waals surface area contributed by atoms with Crippen molar-refractivity contribution >= 4 is 29.2 Å². The highest BCUT2D eigenvalue weighted by Gasteiger charge is 2.36. The van der Waals surface area contributed by atoms with Gasteiger partial charge in [-0.25, -0.2) is 4.79 Å². The van der Waals surface area contributed by atoms with Gasteiger partial charge in [0.25, 0.3) is 0 Å². The minimum atomic E-state index is -0.624. The van der Waals surface area contributed by atoms with E-state index in [9.17, 15) is 14.4 Å². The minimum Gasteiger partial charge on any atom is -0.490 e. The van der Waals surface area contributed by atoms with Gasteiger partial charge in [0.2, 0.25) is 11.8 Å². The van der Waals surface area contributed by atoms with Crippen molar-refractivity contribution in [1.29, 1.82) is 0 Å². The Bertz CT molecular complexity index is 731. The van der Waals surface area contributed by atoms with E-state index in [2.05, 4.69) is 16.0 Å². The summed E-state index contributed by atoms with van der Waals surface area (Å²) in [6.07, 6.45) is 0.276. The summed E-state index contributed by atoms with van der Waals surface area (Å²) in [4.78, 5) is 37.3. The maximum absolute atomic E-state index is 12.5. The number of carbonyl (C=O) groups excluding carboxylic acids is 3. The van der Waals surface area contributed by atoms with E-state index in [1.807, 2.05) is 13.8 Å². The van der Waals surface area contributed by atoms with E-state index in [-0.39, 0.29) is 24.3 Å². The molecule has 25 heavy (non-hydrogen) atoms. The number of hydrogen-bond donors (Lipinski definition) is 3. The Labute approximate surface area is 145 Å². The second-order valence-corrected chi connectivity index (χ2v) is 7.02. The van der Waals surface area contributed by atoms with Gasteiger partial charge in [0.1, 0.15) is 12.4 Å². The zero-order valence-corrected chi connectivity index (χ0v) is 14.5. The first kappa shape index (κ1) is 17.1. The molecule has 0 aliphatic carbocycles. The van der Waals surface area contributed by atoms with Gasteiger partial charge in [-0.2, -0.15) is 0 Å². The molecule has 0 aromatic heterocycles. The maximum atomic E-state index is 12.5. The molecule has 1 aromatic carbocycles. The molecule has 1 aromatic rings. The minimum absolute atomic E-state index is 0.0524. The Kier molecular flexibility index (Phi) is 4.28. The standard InChI is InChI=1S/C17H22N4O4/c1-17(2)9-25-13-5-4-10(6-12(13)21(3)15(17)23)19-16(24)20-11-7-14(22)18-8-11/h4-6,11H,7-9H2,1-3H3,(H,18,22)(H2,19,20,24). The highest BCUT2D eigenvalue weighted by molar-refractivity contribution is 6.00. The normalized spacial score (nSPS) is 21.7. The van der Waals surface area contributed by atoms with Crippen molar-refractivity contribution in [2.24, 2.45) is 5.41 Å². The fraction of sp³-hybridized carbons (Fsp3) is 0.471. The van der Waals surface area contributed by atoms with Crippen molar-refractivity contribution < 1.29 is 19.1 Å². The number of ether oxygens (including phenoxy) is 1. The van der Waals surface area contributed by atoms with Crippen molar-refractivity contribution in [3.8, 4) is 5.75 Å². The highest BCUT2D eigenvalue weighted by atomic mass is 16.5. The number of carbonyl (C=O) groups is 3. The molecule has 1 atom stereocenters. The lowest BCUT2D eigenvalue weighted by molar-refractivity contribution is -0.127. The fourth-order valence-electron chi connectivity index (χ4n) is 2.92. The van der Waals surface area contributed by atoms with Gasteiger partial charge in [-0.05, 0) is 32.0 Å². The first-order valence-electron chi connectivity index (χ1n) is 8.15. The largest absolute Gasteiger partial charge is 0.490 e. The lowest BCUT2D eigenvalue weighted by Gasteiger charge is -2.24. The Morgan fingerprint density at radius 1 is 1.36 bits per heavy atom. The van der Waals surface area contributed by atoms with E-state index in [0.717, 1.165) is 0 Å². The first-order chi connectivity index (χ1) is 11.8. The summed E-state index contributed by atoms with van der Waals surface area (Å²) in [5, 5.41) is 8.13. The molecule has 4 amide bonds. The third kappa shape index (κ3) is 3.52. The van der Waals surface area contributed by atoms with Crippen molar-refractivity contribution in [3.05, 3.63) is 18.2 Å². The molecule has 0 radical (unpaired) electrons. The first-order valence-corrected chi connectivity index (χ1v) is 8.15. The van der Waals surface area contributed by atoms with Crippen LogP contribution in [0.3, 0.4) is 0 Å². The summed E-state index contributed by atoms with van der Waals surface area (Å²) in [6, 6.07) is 4.53. The van der Waals surface area contributed by atoms with E-state index in [1.54, 1.807) is 30.1 Å². The number of nitrogens with one attached hydrogen (secondary N) is 3. The number of urea groups is 1. The van der Waals surface area contributed by atoms with Crippen molar-refractivity contribution in [2.75, 3.05) is 30.4 Å². The van der Waals surface area contributed by atoms with Crippen LogP contribution in [0.4, 0.5) is 16.2 Å². The molecular formula is C17H22N4O4. The Hall–Kier alpha value is -2.77. The topological polar surface area (TPSA) is 99.8 Å². The summed E-state index contributed by atoms with van der Waals surface area (Å²) >= 11 is 0. The summed E-state index contributed by atoms with van der Waals surface area (Å²) in [5.41, 5.74) is 0.517. The molecule has 0 bridgehead atoms. The quantitative estimate of drug-likeness (QED) is 0.746. The van der Waals surface area contributed by atoms with Crippen LogP contribution in [0.2, 0.25) is 0 Å². The molecule has 0 spiro atoms. The summed E-state index contributed by atoms with van der Waals surface area (Å²) in [7, 11) is 1.69. The van der Waals surface area contributed by atoms with Crippen molar-refractivity contribution in [3.63, 3.8) is 0 Å².